The molecule has 2 aromatic carbocycles. The highest BCUT2D eigenvalue weighted by molar-refractivity contribution is 6.04. The Labute approximate surface area is 160 Å². The van der Waals surface area contributed by atoms with Crippen LogP contribution in [0.4, 0.5) is 5.69 Å². The van der Waals surface area contributed by atoms with Crippen molar-refractivity contribution in [2.24, 2.45) is 5.73 Å². The smallest absolute Gasteiger partial charge is 0.338 e. The fourth-order valence-electron chi connectivity index (χ4n) is 2.51. The number of aromatic amines is 1. The number of hydrogen-bond acceptors (Lipinski definition) is 5. The molecule has 0 aliphatic heterocycles. The summed E-state index contributed by atoms with van der Waals surface area (Å²) >= 11 is 0. The number of rotatable bonds is 6. The van der Waals surface area contributed by atoms with E-state index in [1.807, 2.05) is 0 Å². The Morgan fingerprint density at radius 2 is 1.82 bits per heavy atom. The van der Waals surface area contributed by atoms with Gasteiger partial charge < -0.3 is 20.8 Å². The molecule has 0 aliphatic rings. The third kappa shape index (κ3) is 4.24. The Morgan fingerprint density at radius 3 is 2.46 bits per heavy atom. The number of nitrogens with one attached hydrogen (secondary N) is 2. The van der Waals surface area contributed by atoms with Gasteiger partial charge in [-0.25, -0.2) is 9.78 Å². The van der Waals surface area contributed by atoms with E-state index in [-0.39, 0.29) is 11.3 Å². The van der Waals surface area contributed by atoms with Gasteiger partial charge in [-0.1, -0.05) is 24.3 Å². The first-order valence-electron chi connectivity index (χ1n) is 8.46. The van der Waals surface area contributed by atoms with Crippen LogP contribution in [0.3, 0.4) is 0 Å². The van der Waals surface area contributed by atoms with Crippen molar-refractivity contribution in [3.63, 3.8) is 0 Å². The van der Waals surface area contributed by atoms with E-state index in [1.165, 1.54) is 13.0 Å². The molecule has 8 heteroatoms. The molecule has 1 heterocycles. The van der Waals surface area contributed by atoms with Gasteiger partial charge in [0.2, 0.25) is 0 Å². The van der Waals surface area contributed by atoms with E-state index in [0.29, 0.717) is 11.4 Å². The summed E-state index contributed by atoms with van der Waals surface area (Å²) in [4.78, 5) is 43.1. The van der Waals surface area contributed by atoms with Gasteiger partial charge in [0.05, 0.1) is 16.8 Å². The second-order valence-electron chi connectivity index (χ2n) is 5.96. The van der Waals surface area contributed by atoms with Crippen LogP contribution in [-0.2, 0) is 9.53 Å². The quantitative estimate of drug-likeness (QED) is 0.568. The van der Waals surface area contributed by atoms with E-state index in [9.17, 15) is 14.4 Å². The minimum absolute atomic E-state index is 0.169. The molecule has 0 saturated heterocycles. The van der Waals surface area contributed by atoms with Gasteiger partial charge in [0.15, 0.2) is 6.10 Å². The largest absolute Gasteiger partial charge is 0.449 e. The van der Waals surface area contributed by atoms with E-state index >= 15 is 0 Å². The number of amides is 2. The molecule has 1 atom stereocenters. The Bertz CT molecular complexity index is 997. The molecule has 142 valence electrons. The molecule has 0 fully saturated rings. The van der Waals surface area contributed by atoms with Crippen LogP contribution in [0.5, 0.6) is 0 Å². The number of carbonyl (C=O) groups is 3. The van der Waals surface area contributed by atoms with Crippen molar-refractivity contribution in [3.05, 3.63) is 72.1 Å². The molecule has 3 rings (SSSR count). The maximum Gasteiger partial charge on any atom is 0.338 e. The molecule has 4 N–H and O–H groups in total. The highest BCUT2D eigenvalue weighted by Gasteiger charge is 2.20. The van der Waals surface area contributed by atoms with Gasteiger partial charge in [0.25, 0.3) is 11.8 Å². The number of esters is 1. The van der Waals surface area contributed by atoms with Gasteiger partial charge in [0, 0.05) is 18.0 Å². The Balaban J connectivity index is 1.64. The third-order valence-electron chi connectivity index (χ3n) is 4.00. The highest BCUT2D eigenvalue weighted by atomic mass is 16.5. The van der Waals surface area contributed by atoms with E-state index < -0.39 is 23.9 Å². The van der Waals surface area contributed by atoms with Gasteiger partial charge in [-0.2, -0.15) is 0 Å². The molecule has 0 spiro atoms. The molecule has 8 nitrogen and oxygen atoms in total. The second-order valence-corrected chi connectivity index (χ2v) is 5.96. The van der Waals surface area contributed by atoms with Crippen LogP contribution in [0.25, 0.3) is 11.4 Å². The number of aromatic nitrogens is 2. The van der Waals surface area contributed by atoms with Crippen molar-refractivity contribution in [2.45, 2.75) is 13.0 Å². The number of ether oxygens (including phenoxy) is 1. The zero-order chi connectivity index (χ0) is 20.1. The van der Waals surface area contributed by atoms with Gasteiger partial charge in [-0.05, 0) is 31.2 Å². The fraction of sp³-hybridized carbons (Fsp3) is 0.100. The predicted octanol–water partition coefficient (Wildman–Crippen LogP) is 2.36. The molecule has 0 radical (unpaired) electrons. The zero-order valence-corrected chi connectivity index (χ0v) is 15.0. The van der Waals surface area contributed by atoms with E-state index in [2.05, 4.69) is 15.3 Å². The van der Waals surface area contributed by atoms with E-state index in [4.69, 9.17) is 10.5 Å². The van der Waals surface area contributed by atoms with Crippen LogP contribution in [-0.4, -0.2) is 33.9 Å². The number of nitrogens with zero attached hydrogens (tertiary/aromatic N) is 1. The first kappa shape index (κ1) is 18.8. The number of para-hydroxylation sites is 1. The zero-order valence-electron chi connectivity index (χ0n) is 15.0. The third-order valence-corrected chi connectivity index (χ3v) is 4.00. The standard InChI is InChI=1S/C20H18N4O4/c1-12(19(26)24-16-5-3-2-4-15(16)17(21)25)28-20(27)14-8-6-13(7-9-14)18-22-10-11-23-18/h2-12H,1H3,(H2,21,25)(H,22,23)(H,24,26). The maximum atomic E-state index is 12.3. The predicted molar refractivity (Wildman–Crippen MR) is 102 cm³/mol. The van der Waals surface area contributed by atoms with Gasteiger partial charge >= 0.3 is 5.97 Å². The Kier molecular flexibility index (Phi) is 5.50. The lowest BCUT2D eigenvalue weighted by atomic mass is 10.1. The fourth-order valence-corrected chi connectivity index (χ4v) is 2.51. The van der Waals surface area contributed by atoms with E-state index in [1.54, 1.807) is 54.9 Å². The molecule has 0 bridgehead atoms. The molecule has 1 aromatic heterocycles. The molecule has 0 aliphatic carbocycles. The van der Waals surface area contributed by atoms with Gasteiger partial charge in [-0.15, -0.1) is 0 Å². The summed E-state index contributed by atoms with van der Waals surface area (Å²) in [7, 11) is 0. The topological polar surface area (TPSA) is 127 Å². The monoisotopic (exact) mass is 378 g/mol. The number of nitrogens with two attached hydrogens (primary N) is 1. The lowest BCUT2D eigenvalue weighted by molar-refractivity contribution is -0.123. The number of imidazole rings is 1. The minimum Gasteiger partial charge on any atom is -0.449 e. The summed E-state index contributed by atoms with van der Waals surface area (Å²) in [5.41, 5.74) is 6.83. The van der Waals surface area contributed by atoms with Crippen molar-refractivity contribution in [2.75, 3.05) is 5.32 Å². The Hall–Kier alpha value is -3.94. The van der Waals surface area contributed by atoms with Crippen molar-refractivity contribution in [1.29, 1.82) is 0 Å². The van der Waals surface area contributed by atoms with Crippen LogP contribution in [0.15, 0.2) is 60.9 Å². The highest BCUT2D eigenvalue weighted by Crippen LogP contribution is 2.17. The number of primary amides is 1. The average Bonchev–Trinajstić information content (AvgIpc) is 3.23. The normalized spacial score (nSPS) is 11.5. The Morgan fingerprint density at radius 1 is 1.11 bits per heavy atom. The van der Waals surface area contributed by atoms with Crippen molar-refractivity contribution in [3.8, 4) is 11.4 Å². The van der Waals surface area contributed by atoms with E-state index in [0.717, 1.165) is 5.56 Å². The van der Waals surface area contributed by atoms with Crippen molar-refractivity contribution in [1.82, 2.24) is 9.97 Å². The second kappa shape index (κ2) is 8.17. The number of carbonyl (C=O) groups excluding carboxylic acids is 3. The van der Waals surface area contributed by atoms with Gasteiger partial charge in [0.1, 0.15) is 5.82 Å². The van der Waals surface area contributed by atoms with Crippen LogP contribution in [0, 0.1) is 0 Å². The molecular formula is C20H18N4O4. The number of hydrogen-bond donors (Lipinski definition) is 3. The summed E-state index contributed by atoms with van der Waals surface area (Å²) in [6, 6.07) is 13.0. The van der Waals surface area contributed by atoms with Crippen LogP contribution in [0.2, 0.25) is 0 Å². The molecule has 0 saturated carbocycles. The molecule has 1 unspecified atom stereocenters. The first-order chi connectivity index (χ1) is 13.5. The lowest BCUT2D eigenvalue weighted by Crippen LogP contribution is -2.30. The summed E-state index contributed by atoms with van der Waals surface area (Å²) in [6.45, 7) is 1.44. The maximum absolute atomic E-state index is 12.3. The minimum atomic E-state index is -1.07. The first-order valence-corrected chi connectivity index (χ1v) is 8.46. The summed E-state index contributed by atoms with van der Waals surface area (Å²) < 4.78 is 5.21. The SMILES string of the molecule is CC(OC(=O)c1ccc(-c2ncc[nH]2)cc1)C(=O)Nc1ccccc1C(N)=O. The van der Waals surface area contributed by atoms with Crippen LogP contribution >= 0.6 is 0 Å². The van der Waals surface area contributed by atoms with Crippen LogP contribution < -0.4 is 11.1 Å². The van der Waals surface area contributed by atoms with Gasteiger partial charge in [-0.3, -0.25) is 9.59 Å². The summed E-state index contributed by atoms with van der Waals surface area (Å²) in [5.74, 6) is -1.20. The van der Waals surface area contributed by atoms with Crippen LogP contribution in [0.1, 0.15) is 27.6 Å². The number of H-pyrrole nitrogens is 1. The number of anilines is 1. The number of benzene rings is 2. The average molecular weight is 378 g/mol. The van der Waals surface area contributed by atoms with Crippen molar-refractivity contribution >= 4 is 23.5 Å². The molecule has 28 heavy (non-hydrogen) atoms. The van der Waals surface area contributed by atoms with Crippen molar-refractivity contribution < 1.29 is 19.1 Å². The lowest BCUT2D eigenvalue weighted by Gasteiger charge is -2.15. The summed E-state index contributed by atoms with van der Waals surface area (Å²) in [5, 5.41) is 2.55. The molecular weight excluding hydrogens is 360 g/mol. The summed E-state index contributed by atoms with van der Waals surface area (Å²) in [6.07, 6.45) is 2.26. The molecule has 2 amide bonds. The molecule has 3 aromatic rings.